The maximum atomic E-state index is 15.7. The Bertz CT molecular complexity index is 1960. The minimum absolute atomic E-state index is 0.146. The Morgan fingerprint density at radius 3 is 2.37 bits per heavy atom. The first kappa shape index (κ1) is 32.6. The van der Waals surface area contributed by atoms with Crippen LogP contribution in [0, 0.1) is 25.6 Å². The number of nitrogens with one attached hydrogen (secondary N) is 1. The van der Waals surface area contributed by atoms with Crippen LogP contribution in [0.5, 0.6) is 5.75 Å². The van der Waals surface area contributed by atoms with E-state index in [4.69, 9.17) is 4.74 Å². The number of amides is 1. The zero-order valence-electron chi connectivity index (χ0n) is 27.1. The van der Waals surface area contributed by atoms with E-state index in [0.29, 0.717) is 53.7 Å². The molecule has 4 aromatic rings. The molecule has 5 rings (SSSR count). The Kier molecular flexibility index (Phi) is 9.39. The average molecular weight is 627 g/mol. The number of ketones is 1. The first-order chi connectivity index (χ1) is 21.9. The molecule has 1 aliphatic carbocycles. The van der Waals surface area contributed by atoms with E-state index in [1.807, 2.05) is 62.2 Å². The summed E-state index contributed by atoms with van der Waals surface area (Å²) in [5, 5.41) is 2.83. The largest absolute Gasteiger partial charge is 0.496 e. The van der Waals surface area contributed by atoms with E-state index >= 15 is 4.39 Å². The van der Waals surface area contributed by atoms with Crippen LogP contribution in [0.1, 0.15) is 46.3 Å². The number of hydrogen-bond acceptors (Lipinski definition) is 6. The van der Waals surface area contributed by atoms with Crippen molar-refractivity contribution in [2.45, 2.75) is 39.7 Å². The number of aryl methyl sites for hydroxylation is 1. The monoisotopic (exact) mass is 626 g/mol. The molecule has 240 valence electrons. The molecule has 9 nitrogen and oxygen atoms in total. The Labute approximate surface area is 267 Å². The molecule has 1 amide bonds. The highest BCUT2D eigenvalue weighted by atomic mass is 19.1. The predicted molar refractivity (Wildman–Crippen MR) is 177 cm³/mol. The van der Waals surface area contributed by atoms with Gasteiger partial charge in [0.25, 0.3) is 11.5 Å². The molecule has 1 fully saturated rings. The first-order valence-electron chi connectivity index (χ1n) is 15.2. The Morgan fingerprint density at radius 2 is 1.70 bits per heavy atom. The summed E-state index contributed by atoms with van der Waals surface area (Å²) in [7, 11) is 6.28. The zero-order chi connectivity index (χ0) is 33.3. The maximum absolute atomic E-state index is 15.7. The molecular formula is C36H39FN4O5. The number of halogens is 1. The van der Waals surface area contributed by atoms with Crippen LogP contribution >= 0.6 is 0 Å². The minimum atomic E-state index is -0.677. The summed E-state index contributed by atoms with van der Waals surface area (Å²) in [5.41, 5.74) is 4.62. The molecule has 1 heterocycles. The second kappa shape index (κ2) is 13.3. The lowest BCUT2D eigenvalue weighted by Crippen LogP contribution is -2.40. The van der Waals surface area contributed by atoms with Gasteiger partial charge in [0.2, 0.25) is 0 Å². The molecule has 0 saturated heterocycles. The summed E-state index contributed by atoms with van der Waals surface area (Å²) in [4.78, 5) is 51.6. The average Bonchev–Trinajstić information content (AvgIpc) is 3.43. The van der Waals surface area contributed by atoms with Gasteiger partial charge in [0.05, 0.1) is 7.11 Å². The number of methoxy groups -OCH3 is 1. The number of nitrogens with zero attached hydrogens (tertiary/aromatic N) is 3. The fourth-order valence-corrected chi connectivity index (χ4v) is 6.38. The number of ether oxygens (including phenoxy) is 1. The van der Waals surface area contributed by atoms with Crippen molar-refractivity contribution in [3.8, 4) is 28.0 Å². The number of benzene rings is 3. The van der Waals surface area contributed by atoms with Crippen molar-refractivity contribution in [2.75, 3.05) is 26.0 Å². The van der Waals surface area contributed by atoms with Crippen molar-refractivity contribution in [1.82, 2.24) is 14.0 Å². The van der Waals surface area contributed by atoms with Crippen molar-refractivity contribution in [2.24, 2.45) is 20.0 Å². The molecule has 1 saturated carbocycles. The molecule has 0 spiro atoms. The van der Waals surface area contributed by atoms with Crippen molar-refractivity contribution >= 4 is 17.4 Å². The lowest BCUT2D eigenvalue weighted by atomic mass is 9.90. The lowest BCUT2D eigenvalue weighted by molar-refractivity contribution is -0.117. The van der Waals surface area contributed by atoms with Crippen LogP contribution < -0.4 is 21.3 Å². The van der Waals surface area contributed by atoms with E-state index in [1.54, 1.807) is 6.07 Å². The van der Waals surface area contributed by atoms with Crippen LogP contribution in [-0.4, -0.2) is 46.4 Å². The third-order valence-electron chi connectivity index (χ3n) is 8.93. The third-order valence-corrected chi connectivity index (χ3v) is 8.93. The summed E-state index contributed by atoms with van der Waals surface area (Å²) in [6.07, 6.45) is 3.32. The number of aromatic nitrogens is 2. The number of Topliss-reactive ketones (excluding diaryl/α,β-unsaturated/α-hetero) is 1. The molecule has 0 bridgehead atoms. The van der Waals surface area contributed by atoms with Gasteiger partial charge in [-0.1, -0.05) is 30.3 Å². The lowest BCUT2D eigenvalue weighted by Gasteiger charge is -2.22. The van der Waals surface area contributed by atoms with Gasteiger partial charge < -0.3 is 19.5 Å². The van der Waals surface area contributed by atoms with Crippen LogP contribution in [0.15, 0.2) is 64.3 Å². The fraction of sp³-hybridized carbons (Fsp3) is 0.333. The van der Waals surface area contributed by atoms with Crippen LogP contribution in [-0.2, 0) is 25.4 Å². The highest BCUT2D eigenvalue weighted by Crippen LogP contribution is 2.38. The van der Waals surface area contributed by atoms with Gasteiger partial charge in [0.15, 0.2) is 0 Å². The van der Waals surface area contributed by atoms with Crippen LogP contribution in [0.25, 0.3) is 22.3 Å². The van der Waals surface area contributed by atoms with Gasteiger partial charge in [-0.05, 0) is 84.8 Å². The number of rotatable bonds is 9. The molecule has 1 aliphatic rings. The van der Waals surface area contributed by atoms with E-state index in [1.165, 1.54) is 38.0 Å². The van der Waals surface area contributed by atoms with Crippen LogP contribution in [0.4, 0.5) is 10.1 Å². The standard InChI is InChI=1S/C36H39FN4O5/c1-21-26(24-16-31(37)29(33(17-24)46-6)19-39(3)18-23-13-14-25(42)15-23)9-7-10-27(21)28-11-8-12-32(22(28)2)38-34(43)30-20-40(4)36(45)41(5)35(30)44/h7-12,16-17,20,23H,13-15,18-19H2,1-6H3,(H,38,43)/t23-/m0/s1. The number of carbonyl (C=O) groups is 2. The highest BCUT2D eigenvalue weighted by molar-refractivity contribution is 6.04. The summed E-state index contributed by atoms with van der Waals surface area (Å²) in [6.45, 7) is 4.93. The van der Waals surface area contributed by atoms with Gasteiger partial charge in [0, 0.05) is 57.5 Å². The summed E-state index contributed by atoms with van der Waals surface area (Å²) < 4.78 is 23.5. The number of anilines is 1. The van der Waals surface area contributed by atoms with E-state index in [9.17, 15) is 19.2 Å². The summed E-state index contributed by atoms with van der Waals surface area (Å²) in [5.74, 6) is 0.0714. The summed E-state index contributed by atoms with van der Waals surface area (Å²) in [6, 6.07) is 14.7. The Hall–Kier alpha value is -4.83. The van der Waals surface area contributed by atoms with Gasteiger partial charge in [-0.15, -0.1) is 0 Å². The van der Waals surface area contributed by atoms with Crippen LogP contribution in [0.3, 0.4) is 0 Å². The molecule has 1 N–H and O–H groups in total. The molecule has 3 aromatic carbocycles. The molecule has 10 heteroatoms. The molecule has 0 aliphatic heterocycles. The van der Waals surface area contributed by atoms with Gasteiger partial charge in [0.1, 0.15) is 22.9 Å². The predicted octanol–water partition coefficient (Wildman–Crippen LogP) is 5.24. The number of hydrogen-bond donors (Lipinski definition) is 1. The molecule has 1 aromatic heterocycles. The third kappa shape index (κ3) is 6.44. The van der Waals surface area contributed by atoms with Crippen molar-refractivity contribution in [3.05, 3.63) is 104 Å². The van der Waals surface area contributed by atoms with Gasteiger partial charge in [-0.25, -0.2) is 9.18 Å². The minimum Gasteiger partial charge on any atom is -0.496 e. The van der Waals surface area contributed by atoms with Crippen molar-refractivity contribution in [1.29, 1.82) is 0 Å². The van der Waals surface area contributed by atoms with E-state index in [0.717, 1.165) is 45.3 Å². The van der Waals surface area contributed by atoms with Gasteiger partial charge in [-0.2, -0.15) is 0 Å². The highest BCUT2D eigenvalue weighted by Gasteiger charge is 2.25. The first-order valence-corrected chi connectivity index (χ1v) is 15.2. The van der Waals surface area contributed by atoms with E-state index < -0.39 is 17.2 Å². The quantitative estimate of drug-likeness (QED) is 0.273. The van der Waals surface area contributed by atoms with Gasteiger partial charge in [-0.3, -0.25) is 19.0 Å². The second-order valence-corrected chi connectivity index (χ2v) is 12.2. The van der Waals surface area contributed by atoms with Gasteiger partial charge >= 0.3 is 5.69 Å². The van der Waals surface area contributed by atoms with Crippen molar-refractivity contribution < 1.29 is 18.7 Å². The zero-order valence-corrected chi connectivity index (χ0v) is 27.1. The summed E-state index contributed by atoms with van der Waals surface area (Å²) >= 11 is 0. The maximum Gasteiger partial charge on any atom is 0.330 e. The molecule has 1 atom stereocenters. The smallest absolute Gasteiger partial charge is 0.330 e. The fourth-order valence-electron chi connectivity index (χ4n) is 6.38. The van der Waals surface area contributed by atoms with E-state index in [2.05, 4.69) is 5.32 Å². The Morgan fingerprint density at radius 1 is 1.02 bits per heavy atom. The second-order valence-electron chi connectivity index (χ2n) is 12.2. The molecule has 0 radical (unpaired) electrons. The SMILES string of the molecule is COc1cc(-c2cccc(-c3cccc(NC(=O)c4cn(C)c(=O)n(C)c4=O)c3C)c2C)cc(F)c1CN(C)C[C@H]1CCC(=O)C1. The van der Waals surface area contributed by atoms with Crippen LogP contribution in [0.2, 0.25) is 0 Å². The molecular weight excluding hydrogens is 587 g/mol. The normalized spacial score (nSPS) is 14.6. The van der Waals surface area contributed by atoms with E-state index in [-0.39, 0.29) is 11.4 Å². The number of carbonyl (C=O) groups excluding carboxylic acids is 2. The topological polar surface area (TPSA) is 103 Å². The van der Waals surface area contributed by atoms with Crippen molar-refractivity contribution in [3.63, 3.8) is 0 Å². The Balaban J connectivity index is 1.44. The molecule has 0 unspecified atom stereocenters. The molecule has 46 heavy (non-hydrogen) atoms.